The molecule has 24 heavy (non-hydrogen) atoms. The average Bonchev–Trinajstić information content (AvgIpc) is 2.98. The molecule has 0 spiro atoms. The Hall–Kier alpha value is -3.14. The Labute approximate surface area is 140 Å². The molecule has 0 fully saturated rings. The van der Waals surface area contributed by atoms with Crippen molar-refractivity contribution in [3.05, 3.63) is 66.7 Å². The van der Waals surface area contributed by atoms with Crippen LogP contribution in [0.4, 0.5) is 17.1 Å². The minimum Gasteiger partial charge on any atom is -0.456 e. The first-order valence-electron chi connectivity index (χ1n) is 7.81. The number of rotatable bonds is 3. The number of azo groups is 1. The minimum absolute atomic E-state index is 0.776. The highest BCUT2D eigenvalue weighted by Gasteiger charge is 2.06. The van der Waals surface area contributed by atoms with Crippen molar-refractivity contribution in [2.75, 3.05) is 19.0 Å². The first kappa shape index (κ1) is 14.5. The molecule has 1 aromatic heterocycles. The van der Waals surface area contributed by atoms with Crippen LogP contribution in [0.2, 0.25) is 0 Å². The molecule has 0 aliphatic rings. The standard InChI is InChI=1S/C20H17N3O/c1-23(2)16-10-7-14(8-11-16)21-22-15-9-12-18-17-5-3-4-6-19(17)24-20(18)13-15/h3-13H,1-2H3. The lowest BCUT2D eigenvalue weighted by atomic mass is 10.1. The largest absolute Gasteiger partial charge is 0.456 e. The summed E-state index contributed by atoms with van der Waals surface area (Å²) in [4.78, 5) is 2.05. The van der Waals surface area contributed by atoms with Crippen molar-refractivity contribution in [2.24, 2.45) is 10.2 Å². The summed E-state index contributed by atoms with van der Waals surface area (Å²) in [5.41, 5.74) is 4.46. The summed E-state index contributed by atoms with van der Waals surface area (Å²) in [7, 11) is 4.03. The van der Waals surface area contributed by atoms with Gasteiger partial charge in [0, 0.05) is 36.6 Å². The molecule has 0 amide bonds. The second-order valence-corrected chi connectivity index (χ2v) is 5.89. The summed E-state index contributed by atoms with van der Waals surface area (Å²) in [5.74, 6) is 0. The van der Waals surface area contributed by atoms with Gasteiger partial charge in [-0.15, -0.1) is 0 Å². The van der Waals surface area contributed by atoms with Crippen molar-refractivity contribution >= 4 is 39.0 Å². The number of benzene rings is 3. The van der Waals surface area contributed by atoms with Gasteiger partial charge in [0.15, 0.2) is 0 Å². The molecular formula is C20H17N3O. The number of hydrogen-bond acceptors (Lipinski definition) is 4. The zero-order valence-corrected chi connectivity index (χ0v) is 13.6. The number of para-hydroxylation sites is 1. The first-order chi connectivity index (χ1) is 11.7. The summed E-state index contributed by atoms with van der Waals surface area (Å²) in [5, 5.41) is 10.8. The van der Waals surface area contributed by atoms with Crippen LogP contribution in [0.3, 0.4) is 0 Å². The molecule has 4 nitrogen and oxygen atoms in total. The zero-order chi connectivity index (χ0) is 16.5. The Morgan fingerprint density at radius 1 is 0.708 bits per heavy atom. The van der Waals surface area contributed by atoms with Gasteiger partial charge in [0.25, 0.3) is 0 Å². The van der Waals surface area contributed by atoms with E-state index in [0.717, 1.165) is 39.0 Å². The maximum Gasteiger partial charge on any atom is 0.137 e. The topological polar surface area (TPSA) is 41.1 Å². The molecule has 0 radical (unpaired) electrons. The summed E-state index contributed by atoms with van der Waals surface area (Å²) in [6, 6.07) is 21.9. The van der Waals surface area contributed by atoms with Crippen LogP contribution >= 0.6 is 0 Å². The smallest absolute Gasteiger partial charge is 0.137 e. The third-order valence-corrected chi connectivity index (χ3v) is 4.01. The molecule has 0 aliphatic heterocycles. The predicted molar refractivity (Wildman–Crippen MR) is 98.7 cm³/mol. The molecule has 4 rings (SSSR count). The quantitative estimate of drug-likeness (QED) is 0.431. The molecule has 4 aromatic rings. The lowest BCUT2D eigenvalue weighted by Crippen LogP contribution is -2.07. The Balaban J connectivity index is 1.65. The number of furan rings is 1. The molecule has 0 unspecified atom stereocenters. The molecule has 0 atom stereocenters. The van der Waals surface area contributed by atoms with Crippen molar-refractivity contribution in [3.8, 4) is 0 Å². The van der Waals surface area contributed by atoms with E-state index in [1.165, 1.54) is 0 Å². The van der Waals surface area contributed by atoms with Crippen LogP contribution in [0.25, 0.3) is 21.9 Å². The van der Waals surface area contributed by atoms with Crippen molar-refractivity contribution < 1.29 is 4.42 Å². The highest BCUT2D eigenvalue weighted by molar-refractivity contribution is 6.05. The van der Waals surface area contributed by atoms with Crippen LogP contribution in [0.5, 0.6) is 0 Å². The van der Waals surface area contributed by atoms with E-state index in [4.69, 9.17) is 4.42 Å². The lowest BCUT2D eigenvalue weighted by Gasteiger charge is -2.11. The molecular weight excluding hydrogens is 298 g/mol. The molecule has 0 bridgehead atoms. The van der Waals surface area contributed by atoms with E-state index in [1.54, 1.807) is 0 Å². The fourth-order valence-corrected chi connectivity index (χ4v) is 2.71. The third-order valence-electron chi connectivity index (χ3n) is 4.01. The first-order valence-corrected chi connectivity index (χ1v) is 7.81. The maximum absolute atomic E-state index is 5.88. The van der Waals surface area contributed by atoms with Crippen molar-refractivity contribution in [3.63, 3.8) is 0 Å². The fourth-order valence-electron chi connectivity index (χ4n) is 2.71. The molecule has 1 heterocycles. The molecule has 0 aliphatic carbocycles. The Morgan fingerprint density at radius 3 is 2.17 bits per heavy atom. The summed E-state index contributed by atoms with van der Waals surface area (Å²) in [6.45, 7) is 0. The molecule has 4 heteroatoms. The number of hydrogen-bond donors (Lipinski definition) is 0. The van der Waals surface area contributed by atoms with Gasteiger partial charge in [-0.2, -0.15) is 10.2 Å². The Kier molecular flexibility index (Phi) is 3.50. The number of anilines is 1. The predicted octanol–water partition coefficient (Wildman–Crippen LogP) is 6.07. The summed E-state index contributed by atoms with van der Waals surface area (Å²) < 4.78 is 5.88. The van der Waals surface area contributed by atoms with Crippen molar-refractivity contribution in [1.29, 1.82) is 0 Å². The maximum atomic E-state index is 5.88. The van der Waals surface area contributed by atoms with Crippen LogP contribution in [-0.2, 0) is 0 Å². The van der Waals surface area contributed by atoms with E-state index in [-0.39, 0.29) is 0 Å². The fraction of sp³-hybridized carbons (Fsp3) is 0.100. The number of nitrogens with zero attached hydrogens (tertiary/aromatic N) is 3. The normalized spacial score (nSPS) is 11.6. The molecule has 0 N–H and O–H groups in total. The van der Waals surface area contributed by atoms with Gasteiger partial charge in [0.05, 0.1) is 11.4 Å². The van der Waals surface area contributed by atoms with Gasteiger partial charge in [-0.3, -0.25) is 0 Å². The van der Waals surface area contributed by atoms with Crippen molar-refractivity contribution in [2.45, 2.75) is 0 Å². The van der Waals surface area contributed by atoms with E-state index in [0.29, 0.717) is 0 Å². The van der Waals surface area contributed by atoms with E-state index < -0.39 is 0 Å². The van der Waals surface area contributed by atoms with Crippen molar-refractivity contribution in [1.82, 2.24) is 0 Å². The third kappa shape index (κ3) is 2.63. The van der Waals surface area contributed by atoms with Gasteiger partial charge >= 0.3 is 0 Å². The van der Waals surface area contributed by atoms with E-state index >= 15 is 0 Å². The second kappa shape index (κ2) is 5.81. The van der Waals surface area contributed by atoms with E-state index in [2.05, 4.69) is 21.2 Å². The lowest BCUT2D eigenvalue weighted by molar-refractivity contribution is 0.669. The number of fused-ring (bicyclic) bond motifs is 3. The van der Waals surface area contributed by atoms with Crippen LogP contribution in [-0.4, -0.2) is 14.1 Å². The summed E-state index contributed by atoms with van der Waals surface area (Å²) >= 11 is 0. The SMILES string of the molecule is CN(C)c1ccc(N=Nc2ccc3c(c2)oc2ccccc23)cc1. The van der Waals surface area contributed by atoms with Crippen LogP contribution < -0.4 is 4.90 Å². The Morgan fingerprint density at radius 2 is 1.38 bits per heavy atom. The van der Waals surface area contributed by atoms with Gasteiger partial charge in [0.2, 0.25) is 0 Å². The Bertz CT molecular complexity index is 1030. The van der Waals surface area contributed by atoms with Crippen LogP contribution in [0.1, 0.15) is 0 Å². The highest BCUT2D eigenvalue weighted by atomic mass is 16.3. The minimum atomic E-state index is 0.776. The second-order valence-electron chi connectivity index (χ2n) is 5.89. The van der Waals surface area contributed by atoms with Gasteiger partial charge in [-0.25, -0.2) is 0 Å². The molecule has 118 valence electrons. The summed E-state index contributed by atoms with van der Waals surface area (Å²) in [6.07, 6.45) is 0. The molecule has 0 saturated carbocycles. The van der Waals surface area contributed by atoms with Crippen LogP contribution in [0, 0.1) is 0 Å². The molecule has 0 saturated heterocycles. The van der Waals surface area contributed by atoms with Gasteiger partial charge in [0.1, 0.15) is 11.2 Å². The van der Waals surface area contributed by atoms with Gasteiger partial charge in [-0.1, -0.05) is 18.2 Å². The zero-order valence-electron chi connectivity index (χ0n) is 13.6. The van der Waals surface area contributed by atoms with Crippen LogP contribution in [0.15, 0.2) is 81.4 Å². The molecule has 3 aromatic carbocycles. The monoisotopic (exact) mass is 315 g/mol. The van der Waals surface area contributed by atoms with E-state index in [9.17, 15) is 0 Å². The van der Waals surface area contributed by atoms with Gasteiger partial charge < -0.3 is 9.32 Å². The van der Waals surface area contributed by atoms with Gasteiger partial charge in [-0.05, 0) is 42.5 Å². The highest BCUT2D eigenvalue weighted by Crippen LogP contribution is 2.31. The average molecular weight is 315 g/mol. The van der Waals surface area contributed by atoms with E-state index in [1.807, 2.05) is 74.8 Å².